The molecule has 0 saturated carbocycles. The highest BCUT2D eigenvalue weighted by molar-refractivity contribution is 5.99. The lowest BCUT2D eigenvalue weighted by Crippen LogP contribution is -2.40. The summed E-state index contributed by atoms with van der Waals surface area (Å²) in [7, 11) is 0. The molecule has 0 radical (unpaired) electrons. The summed E-state index contributed by atoms with van der Waals surface area (Å²) in [5.74, 6) is 1.74. The van der Waals surface area contributed by atoms with Crippen LogP contribution in [0.2, 0.25) is 0 Å². The van der Waals surface area contributed by atoms with Gasteiger partial charge in [-0.1, -0.05) is 43.7 Å². The van der Waals surface area contributed by atoms with Crippen LogP contribution in [0.3, 0.4) is 0 Å². The Labute approximate surface area is 162 Å². The van der Waals surface area contributed by atoms with Crippen molar-refractivity contribution in [2.75, 3.05) is 18.0 Å². The summed E-state index contributed by atoms with van der Waals surface area (Å²) >= 11 is 0. The molecular weight excluding hydrogens is 336 g/mol. The Morgan fingerprint density at radius 2 is 2.00 bits per heavy atom. The first-order chi connectivity index (χ1) is 13.0. The smallest absolute Gasteiger partial charge is 0.256 e. The van der Waals surface area contributed by atoms with E-state index in [1.807, 2.05) is 12.1 Å². The van der Waals surface area contributed by atoms with Crippen LogP contribution in [-0.4, -0.2) is 35.0 Å². The molecule has 1 aromatic heterocycles. The molecule has 1 fully saturated rings. The molecule has 0 aliphatic carbocycles. The van der Waals surface area contributed by atoms with Gasteiger partial charge in [0.2, 0.25) is 0 Å². The van der Waals surface area contributed by atoms with Gasteiger partial charge in [-0.2, -0.15) is 0 Å². The minimum Gasteiger partial charge on any atom is -0.353 e. The zero-order chi connectivity index (χ0) is 19.4. The van der Waals surface area contributed by atoms with E-state index in [0.29, 0.717) is 29.9 Å². The van der Waals surface area contributed by atoms with E-state index >= 15 is 0 Å². The van der Waals surface area contributed by atoms with Gasteiger partial charge in [-0.05, 0) is 39.0 Å². The van der Waals surface area contributed by atoms with Gasteiger partial charge in [0, 0.05) is 30.9 Å². The maximum Gasteiger partial charge on any atom is 0.256 e. The minimum atomic E-state index is -0.0908. The predicted octanol–water partition coefficient (Wildman–Crippen LogP) is 4.22. The minimum absolute atomic E-state index is 0.0908. The van der Waals surface area contributed by atoms with E-state index in [1.54, 1.807) is 6.20 Å². The average Bonchev–Trinajstić information content (AvgIpc) is 2.66. The number of nitrogens with one attached hydrogen (secondary N) is 1. The summed E-state index contributed by atoms with van der Waals surface area (Å²) in [6.07, 6.45) is 5.16. The van der Waals surface area contributed by atoms with Crippen LogP contribution >= 0.6 is 0 Å². The summed E-state index contributed by atoms with van der Waals surface area (Å²) in [5, 5.41) is 3.01. The normalized spacial score (nSPS) is 17.2. The average molecular weight is 367 g/mol. The zero-order valence-electron chi connectivity index (χ0n) is 16.8. The number of piperidine rings is 1. The van der Waals surface area contributed by atoms with E-state index < -0.39 is 0 Å². The molecule has 1 aliphatic heterocycles. The highest BCUT2D eigenvalue weighted by atomic mass is 16.1. The molecule has 1 atom stereocenters. The molecule has 5 nitrogen and oxygen atoms in total. The lowest BCUT2D eigenvalue weighted by Gasteiger charge is -2.35. The van der Waals surface area contributed by atoms with Crippen LogP contribution in [0.4, 0.5) is 5.82 Å². The molecule has 1 unspecified atom stereocenters. The molecule has 1 amide bonds. The SMILES string of the molecule is Cc1ccc(-c2ncc(C(=O)NCC(C)C)c(N3CCCCC3C)n2)cc1. The first-order valence-electron chi connectivity index (χ1n) is 9.94. The predicted molar refractivity (Wildman–Crippen MR) is 110 cm³/mol. The molecular formula is C22H30N4O. The number of amides is 1. The Morgan fingerprint density at radius 1 is 1.26 bits per heavy atom. The van der Waals surface area contributed by atoms with E-state index in [-0.39, 0.29) is 5.91 Å². The van der Waals surface area contributed by atoms with E-state index in [0.717, 1.165) is 30.8 Å². The van der Waals surface area contributed by atoms with Crippen molar-refractivity contribution in [3.63, 3.8) is 0 Å². The first-order valence-corrected chi connectivity index (χ1v) is 9.94. The zero-order valence-corrected chi connectivity index (χ0v) is 16.8. The Balaban J connectivity index is 1.99. The van der Waals surface area contributed by atoms with Crippen LogP contribution in [0.15, 0.2) is 30.5 Å². The van der Waals surface area contributed by atoms with Crippen LogP contribution in [0, 0.1) is 12.8 Å². The summed E-state index contributed by atoms with van der Waals surface area (Å²) in [5.41, 5.74) is 2.74. The van der Waals surface area contributed by atoms with E-state index in [4.69, 9.17) is 4.98 Å². The molecule has 2 aromatic rings. The number of rotatable bonds is 5. The standard InChI is InChI=1S/C22H30N4O/c1-15(2)13-24-22(27)19-14-23-20(18-10-8-16(3)9-11-18)25-21(19)26-12-6-5-7-17(26)4/h8-11,14-15,17H,5-7,12-13H2,1-4H3,(H,24,27). The molecule has 2 heterocycles. The molecule has 1 saturated heterocycles. The Kier molecular flexibility index (Phi) is 6.09. The third-order valence-electron chi connectivity index (χ3n) is 5.07. The van der Waals surface area contributed by atoms with Gasteiger partial charge in [-0.25, -0.2) is 9.97 Å². The second-order valence-corrected chi connectivity index (χ2v) is 7.94. The Bertz CT molecular complexity index is 785. The van der Waals surface area contributed by atoms with Crippen molar-refractivity contribution in [3.05, 3.63) is 41.6 Å². The molecule has 0 spiro atoms. The van der Waals surface area contributed by atoms with E-state index in [2.05, 4.69) is 55.0 Å². The van der Waals surface area contributed by atoms with Gasteiger partial charge < -0.3 is 10.2 Å². The van der Waals surface area contributed by atoms with Gasteiger partial charge in [-0.3, -0.25) is 4.79 Å². The number of aryl methyl sites for hydroxylation is 1. The molecule has 144 valence electrons. The summed E-state index contributed by atoms with van der Waals surface area (Å²) in [4.78, 5) is 24.4. The monoisotopic (exact) mass is 366 g/mol. The topological polar surface area (TPSA) is 58.1 Å². The van der Waals surface area contributed by atoms with Crippen LogP contribution in [0.25, 0.3) is 11.4 Å². The quantitative estimate of drug-likeness (QED) is 0.861. The second kappa shape index (κ2) is 8.51. The van der Waals surface area contributed by atoms with Crippen LogP contribution in [0.5, 0.6) is 0 Å². The van der Waals surface area contributed by atoms with Crippen molar-refractivity contribution in [1.29, 1.82) is 0 Å². The number of hydrogen-bond donors (Lipinski definition) is 1. The Morgan fingerprint density at radius 3 is 2.67 bits per heavy atom. The fourth-order valence-electron chi connectivity index (χ4n) is 3.40. The summed E-state index contributed by atoms with van der Waals surface area (Å²) in [6.45, 7) is 10.0. The number of benzene rings is 1. The fraction of sp³-hybridized carbons (Fsp3) is 0.500. The maximum atomic E-state index is 12.8. The molecule has 0 bridgehead atoms. The second-order valence-electron chi connectivity index (χ2n) is 7.94. The third-order valence-corrected chi connectivity index (χ3v) is 5.07. The van der Waals surface area contributed by atoms with Gasteiger partial charge in [0.05, 0.1) is 0 Å². The van der Waals surface area contributed by atoms with Gasteiger partial charge in [0.1, 0.15) is 11.4 Å². The van der Waals surface area contributed by atoms with Crippen molar-refractivity contribution in [2.45, 2.75) is 53.0 Å². The van der Waals surface area contributed by atoms with Crippen molar-refractivity contribution in [1.82, 2.24) is 15.3 Å². The molecule has 5 heteroatoms. The Hall–Kier alpha value is -2.43. The third kappa shape index (κ3) is 4.65. The van der Waals surface area contributed by atoms with Gasteiger partial charge in [0.25, 0.3) is 5.91 Å². The number of carbonyl (C=O) groups is 1. The largest absolute Gasteiger partial charge is 0.353 e. The van der Waals surface area contributed by atoms with Crippen molar-refractivity contribution in [2.24, 2.45) is 5.92 Å². The molecule has 3 rings (SSSR count). The highest BCUT2D eigenvalue weighted by Gasteiger charge is 2.26. The van der Waals surface area contributed by atoms with Gasteiger partial charge in [-0.15, -0.1) is 0 Å². The molecule has 27 heavy (non-hydrogen) atoms. The number of hydrogen-bond acceptors (Lipinski definition) is 4. The number of anilines is 1. The summed E-state index contributed by atoms with van der Waals surface area (Å²) < 4.78 is 0. The maximum absolute atomic E-state index is 12.8. The van der Waals surface area contributed by atoms with Crippen LogP contribution in [-0.2, 0) is 0 Å². The van der Waals surface area contributed by atoms with Gasteiger partial charge in [0.15, 0.2) is 5.82 Å². The van der Waals surface area contributed by atoms with Crippen LogP contribution in [0.1, 0.15) is 56.0 Å². The van der Waals surface area contributed by atoms with E-state index in [1.165, 1.54) is 12.0 Å². The first kappa shape index (κ1) is 19.3. The lowest BCUT2D eigenvalue weighted by atomic mass is 10.0. The highest BCUT2D eigenvalue weighted by Crippen LogP contribution is 2.28. The lowest BCUT2D eigenvalue weighted by molar-refractivity contribution is 0.0948. The fourth-order valence-corrected chi connectivity index (χ4v) is 3.40. The van der Waals surface area contributed by atoms with Crippen LogP contribution < -0.4 is 10.2 Å². The number of nitrogens with zero attached hydrogens (tertiary/aromatic N) is 3. The van der Waals surface area contributed by atoms with E-state index in [9.17, 15) is 4.79 Å². The van der Waals surface area contributed by atoms with Crippen molar-refractivity contribution < 1.29 is 4.79 Å². The number of carbonyl (C=O) groups excluding carboxylic acids is 1. The number of aromatic nitrogens is 2. The summed E-state index contributed by atoms with van der Waals surface area (Å²) in [6, 6.07) is 8.56. The molecule has 1 aromatic carbocycles. The van der Waals surface area contributed by atoms with Crippen molar-refractivity contribution in [3.8, 4) is 11.4 Å². The molecule has 1 N–H and O–H groups in total. The van der Waals surface area contributed by atoms with Crippen molar-refractivity contribution >= 4 is 11.7 Å². The van der Waals surface area contributed by atoms with Gasteiger partial charge >= 0.3 is 0 Å². The molecule has 1 aliphatic rings.